The van der Waals surface area contributed by atoms with Crippen LogP contribution in [-0.2, 0) is 0 Å². The highest BCUT2D eigenvalue weighted by Crippen LogP contribution is 2.31. The Labute approximate surface area is 151 Å². The minimum atomic E-state index is -0.487. The topological polar surface area (TPSA) is 102 Å². The second kappa shape index (κ2) is 6.52. The summed E-state index contributed by atoms with van der Waals surface area (Å²) in [7, 11) is 1.51. The van der Waals surface area contributed by atoms with Crippen LogP contribution in [-0.4, -0.2) is 37.0 Å². The molecule has 0 aliphatic rings. The van der Waals surface area contributed by atoms with Gasteiger partial charge in [-0.2, -0.15) is 0 Å². The molecule has 0 spiro atoms. The molecule has 0 saturated carbocycles. The number of rotatable bonds is 4. The predicted molar refractivity (Wildman–Crippen MR) is 94.0 cm³/mol. The van der Waals surface area contributed by atoms with Crippen LogP contribution in [0.15, 0.2) is 36.9 Å². The van der Waals surface area contributed by atoms with Gasteiger partial charge < -0.3 is 15.0 Å². The van der Waals surface area contributed by atoms with E-state index < -0.39 is 5.82 Å². The summed E-state index contributed by atoms with van der Waals surface area (Å²) in [6.45, 7) is 0. The standard InChI is InChI=1S/C16H11ClFN7O/c1-26-11-5-10(19-6-20-11)23-15-13-16(22-7-21-15)25-14(24-13)12-8(17)3-2-4-9(12)18/h2-7H,1H3,(H2,19,20,21,22,23,24,25). The van der Waals surface area contributed by atoms with Gasteiger partial charge in [-0.15, -0.1) is 0 Å². The Bertz CT molecular complexity index is 1080. The minimum absolute atomic E-state index is 0.168. The van der Waals surface area contributed by atoms with Crippen molar-refractivity contribution in [3.8, 4) is 17.3 Å². The number of aromatic amines is 1. The molecule has 4 aromatic rings. The van der Waals surface area contributed by atoms with E-state index in [9.17, 15) is 4.39 Å². The molecule has 0 aliphatic heterocycles. The van der Waals surface area contributed by atoms with E-state index in [1.165, 1.54) is 31.9 Å². The second-order valence-electron chi connectivity index (χ2n) is 5.17. The average molecular weight is 372 g/mol. The third-order valence-corrected chi connectivity index (χ3v) is 3.90. The first kappa shape index (κ1) is 16.2. The number of anilines is 2. The van der Waals surface area contributed by atoms with E-state index >= 15 is 0 Å². The smallest absolute Gasteiger partial charge is 0.218 e. The molecule has 4 rings (SSSR count). The van der Waals surface area contributed by atoms with Crippen LogP contribution < -0.4 is 10.1 Å². The van der Waals surface area contributed by atoms with Crippen molar-refractivity contribution in [2.75, 3.05) is 12.4 Å². The molecule has 3 aromatic heterocycles. The molecule has 0 radical (unpaired) electrons. The van der Waals surface area contributed by atoms with Crippen molar-refractivity contribution in [3.05, 3.63) is 47.8 Å². The number of methoxy groups -OCH3 is 1. The first-order valence-corrected chi connectivity index (χ1v) is 7.81. The lowest BCUT2D eigenvalue weighted by molar-refractivity contribution is 0.397. The van der Waals surface area contributed by atoms with Gasteiger partial charge in [0.15, 0.2) is 11.5 Å². The number of nitrogens with zero attached hydrogens (tertiary/aromatic N) is 5. The zero-order valence-electron chi connectivity index (χ0n) is 13.4. The van der Waals surface area contributed by atoms with Gasteiger partial charge in [0, 0.05) is 6.07 Å². The summed E-state index contributed by atoms with van der Waals surface area (Å²) < 4.78 is 19.2. The second-order valence-corrected chi connectivity index (χ2v) is 5.58. The summed E-state index contributed by atoms with van der Waals surface area (Å²) in [5, 5.41) is 3.28. The van der Waals surface area contributed by atoms with Gasteiger partial charge in [0.05, 0.1) is 17.7 Å². The predicted octanol–water partition coefficient (Wildman–Crippen LogP) is 3.35. The maximum absolute atomic E-state index is 14.2. The van der Waals surface area contributed by atoms with Gasteiger partial charge in [-0.05, 0) is 12.1 Å². The molecule has 0 atom stereocenters. The van der Waals surface area contributed by atoms with Crippen LogP contribution in [0.3, 0.4) is 0 Å². The fourth-order valence-electron chi connectivity index (χ4n) is 2.41. The van der Waals surface area contributed by atoms with Crippen LogP contribution in [0.1, 0.15) is 0 Å². The van der Waals surface area contributed by atoms with E-state index in [4.69, 9.17) is 16.3 Å². The number of hydrogen-bond donors (Lipinski definition) is 2. The highest BCUT2D eigenvalue weighted by molar-refractivity contribution is 6.33. The Morgan fingerprint density at radius 1 is 1.15 bits per heavy atom. The van der Waals surface area contributed by atoms with Crippen molar-refractivity contribution in [1.29, 1.82) is 0 Å². The van der Waals surface area contributed by atoms with E-state index in [0.29, 0.717) is 28.7 Å². The first-order chi connectivity index (χ1) is 12.7. The van der Waals surface area contributed by atoms with E-state index in [1.54, 1.807) is 12.1 Å². The summed E-state index contributed by atoms with van der Waals surface area (Å²) in [6.07, 6.45) is 2.70. The molecular weight excluding hydrogens is 361 g/mol. The number of imidazole rings is 1. The molecule has 1 aromatic carbocycles. The summed E-state index contributed by atoms with van der Waals surface area (Å²) >= 11 is 6.11. The largest absolute Gasteiger partial charge is 0.481 e. The van der Waals surface area contributed by atoms with Crippen molar-refractivity contribution in [2.24, 2.45) is 0 Å². The van der Waals surface area contributed by atoms with E-state index in [2.05, 4.69) is 35.2 Å². The van der Waals surface area contributed by atoms with Crippen molar-refractivity contribution in [2.45, 2.75) is 0 Å². The third kappa shape index (κ3) is 2.88. The number of benzene rings is 1. The van der Waals surface area contributed by atoms with Gasteiger partial charge in [-0.25, -0.2) is 29.3 Å². The molecule has 8 nitrogen and oxygen atoms in total. The normalized spacial score (nSPS) is 10.9. The van der Waals surface area contributed by atoms with Gasteiger partial charge in [-0.3, -0.25) is 0 Å². The molecule has 2 N–H and O–H groups in total. The van der Waals surface area contributed by atoms with E-state index in [-0.39, 0.29) is 16.4 Å². The fourth-order valence-corrected chi connectivity index (χ4v) is 2.66. The van der Waals surface area contributed by atoms with Crippen LogP contribution in [0.4, 0.5) is 16.0 Å². The Morgan fingerprint density at radius 2 is 2.00 bits per heavy atom. The monoisotopic (exact) mass is 371 g/mol. The number of halogens is 2. The summed E-state index contributed by atoms with van der Waals surface area (Å²) in [4.78, 5) is 23.7. The lowest BCUT2D eigenvalue weighted by atomic mass is 10.2. The maximum atomic E-state index is 14.2. The number of H-pyrrole nitrogens is 1. The van der Waals surface area contributed by atoms with Crippen molar-refractivity contribution in [3.63, 3.8) is 0 Å². The molecule has 0 fully saturated rings. The SMILES string of the molecule is COc1cc(Nc2ncnc3nc(-c4c(F)cccc4Cl)[nH]c23)ncn1. The summed E-state index contributed by atoms with van der Waals surface area (Å²) in [6, 6.07) is 6.04. The zero-order valence-corrected chi connectivity index (χ0v) is 14.1. The molecule has 0 saturated heterocycles. The number of hydrogen-bond acceptors (Lipinski definition) is 7. The van der Waals surface area contributed by atoms with E-state index in [0.717, 1.165) is 0 Å². The molecular formula is C16H11ClFN7O. The molecule has 3 heterocycles. The minimum Gasteiger partial charge on any atom is -0.481 e. The highest BCUT2D eigenvalue weighted by atomic mass is 35.5. The quantitative estimate of drug-likeness (QED) is 0.567. The van der Waals surface area contributed by atoms with Crippen LogP contribution in [0.5, 0.6) is 5.88 Å². The van der Waals surface area contributed by atoms with Crippen LogP contribution in [0.2, 0.25) is 5.02 Å². The van der Waals surface area contributed by atoms with E-state index in [1.807, 2.05) is 0 Å². The molecule has 0 unspecified atom stereocenters. The number of nitrogens with one attached hydrogen (secondary N) is 2. The third-order valence-electron chi connectivity index (χ3n) is 3.59. The maximum Gasteiger partial charge on any atom is 0.218 e. The first-order valence-electron chi connectivity index (χ1n) is 7.44. The Morgan fingerprint density at radius 3 is 2.81 bits per heavy atom. The van der Waals surface area contributed by atoms with Gasteiger partial charge in [0.1, 0.15) is 35.6 Å². The van der Waals surface area contributed by atoms with Gasteiger partial charge in [-0.1, -0.05) is 17.7 Å². The molecule has 26 heavy (non-hydrogen) atoms. The van der Waals surface area contributed by atoms with Gasteiger partial charge >= 0.3 is 0 Å². The Hall–Kier alpha value is -3.33. The summed E-state index contributed by atoms with van der Waals surface area (Å²) in [5.41, 5.74) is 1.01. The molecule has 0 bridgehead atoms. The van der Waals surface area contributed by atoms with Gasteiger partial charge in [0.25, 0.3) is 0 Å². The fraction of sp³-hybridized carbons (Fsp3) is 0.0625. The zero-order chi connectivity index (χ0) is 18.1. The highest BCUT2D eigenvalue weighted by Gasteiger charge is 2.16. The van der Waals surface area contributed by atoms with Crippen molar-refractivity contribution in [1.82, 2.24) is 29.9 Å². The molecule has 10 heteroatoms. The Balaban J connectivity index is 1.79. The van der Waals surface area contributed by atoms with Crippen molar-refractivity contribution < 1.29 is 9.13 Å². The van der Waals surface area contributed by atoms with Crippen LogP contribution in [0, 0.1) is 5.82 Å². The average Bonchev–Trinajstić information content (AvgIpc) is 3.06. The van der Waals surface area contributed by atoms with Crippen LogP contribution >= 0.6 is 11.6 Å². The lowest BCUT2D eigenvalue weighted by Crippen LogP contribution is -1.99. The summed E-state index contributed by atoms with van der Waals surface area (Å²) in [5.74, 6) is 1.06. The van der Waals surface area contributed by atoms with Crippen LogP contribution in [0.25, 0.3) is 22.6 Å². The molecule has 0 aliphatic carbocycles. The molecule has 130 valence electrons. The number of fused-ring (bicyclic) bond motifs is 1. The Kier molecular flexibility index (Phi) is 4.05. The van der Waals surface area contributed by atoms with Crippen molar-refractivity contribution >= 4 is 34.4 Å². The number of aromatic nitrogens is 6. The lowest BCUT2D eigenvalue weighted by Gasteiger charge is -2.05. The number of ether oxygens (including phenoxy) is 1. The van der Waals surface area contributed by atoms with Gasteiger partial charge in [0.2, 0.25) is 5.88 Å². The molecule has 0 amide bonds.